The number of anilines is 1. The van der Waals surface area contributed by atoms with Crippen molar-refractivity contribution in [1.82, 2.24) is 0 Å². The van der Waals surface area contributed by atoms with Crippen LogP contribution in [0.15, 0.2) is 121 Å². The summed E-state index contributed by atoms with van der Waals surface area (Å²) in [7, 11) is 0. The van der Waals surface area contributed by atoms with E-state index in [-0.39, 0.29) is 27.7 Å². The van der Waals surface area contributed by atoms with Crippen molar-refractivity contribution in [3.63, 3.8) is 0 Å². The summed E-state index contributed by atoms with van der Waals surface area (Å²) in [6, 6.07) is 35.0. The zero-order chi connectivity index (χ0) is 29.1. The minimum Gasteiger partial charge on any atom is -0.451 e. The van der Waals surface area contributed by atoms with Crippen LogP contribution in [0.2, 0.25) is 10.0 Å². The highest BCUT2D eigenvalue weighted by Gasteiger charge is 2.64. The van der Waals surface area contributed by atoms with Crippen molar-refractivity contribution in [2.75, 3.05) is 4.90 Å². The first-order valence-corrected chi connectivity index (χ1v) is 13.8. The van der Waals surface area contributed by atoms with Gasteiger partial charge in [0.05, 0.1) is 9.95 Å². The van der Waals surface area contributed by atoms with Crippen LogP contribution in [0.25, 0.3) is 0 Å². The maximum absolute atomic E-state index is 14.8. The van der Waals surface area contributed by atoms with Gasteiger partial charge < -0.3 is 4.74 Å². The second kappa shape index (κ2) is 9.70. The van der Waals surface area contributed by atoms with E-state index in [1.54, 1.807) is 12.1 Å². The maximum atomic E-state index is 14.8. The fraction of sp³-hybridized carbons (Fsp3) is 0.0606. The number of ether oxygens (including phenoxy) is 2. The van der Waals surface area contributed by atoms with Gasteiger partial charge in [-0.25, -0.2) is 0 Å². The average Bonchev–Trinajstić information content (AvgIpc) is 3.22. The molecule has 7 rings (SSSR count). The number of hydrogen-bond donors (Lipinski definition) is 0. The predicted molar refractivity (Wildman–Crippen MR) is 159 cm³/mol. The van der Waals surface area contributed by atoms with Crippen molar-refractivity contribution in [1.29, 1.82) is 0 Å². The molecule has 9 heteroatoms. The molecule has 1 amide bonds. The van der Waals surface area contributed by atoms with Crippen LogP contribution in [-0.4, -0.2) is 10.8 Å². The molecule has 2 unspecified atom stereocenters. The second-order valence-electron chi connectivity index (χ2n) is 9.92. The van der Waals surface area contributed by atoms with Gasteiger partial charge in [-0.3, -0.25) is 24.5 Å². The van der Waals surface area contributed by atoms with Crippen molar-refractivity contribution < 1.29 is 19.2 Å². The van der Waals surface area contributed by atoms with E-state index in [0.717, 1.165) is 0 Å². The zero-order valence-electron chi connectivity index (χ0n) is 21.7. The van der Waals surface area contributed by atoms with Gasteiger partial charge in [0, 0.05) is 51.0 Å². The number of non-ortho nitro benzene ring substituents is 1. The Morgan fingerprint density at radius 3 is 2.00 bits per heavy atom. The van der Waals surface area contributed by atoms with Crippen LogP contribution >= 0.6 is 23.2 Å². The van der Waals surface area contributed by atoms with E-state index < -0.39 is 22.3 Å². The van der Waals surface area contributed by atoms with Gasteiger partial charge in [0.1, 0.15) is 5.69 Å². The highest BCUT2D eigenvalue weighted by Crippen LogP contribution is 2.61. The van der Waals surface area contributed by atoms with Crippen LogP contribution in [0.3, 0.4) is 0 Å². The summed E-state index contributed by atoms with van der Waals surface area (Å²) in [5.41, 5.74) is 1.44. The molecule has 5 aromatic carbocycles. The lowest BCUT2D eigenvalue weighted by molar-refractivity contribution is -0.384. The Hall–Kier alpha value is -4.69. The molecule has 0 saturated carbocycles. The van der Waals surface area contributed by atoms with Gasteiger partial charge in [0.15, 0.2) is 5.75 Å². The molecule has 2 aliphatic heterocycles. The van der Waals surface area contributed by atoms with E-state index >= 15 is 0 Å². The Labute approximate surface area is 250 Å². The highest BCUT2D eigenvalue weighted by molar-refractivity contribution is 6.37. The molecule has 2 heterocycles. The lowest BCUT2D eigenvalue weighted by Crippen LogP contribution is -2.51. The Morgan fingerprint density at radius 1 is 0.762 bits per heavy atom. The first kappa shape index (κ1) is 26.2. The molecule has 0 N–H and O–H groups in total. The largest absolute Gasteiger partial charge is 0.451 e. The van der Waals surface area contributed by atoms with Gasteiger partial charge in [0.2, 0.25) is 5.72 Å². The average molecular weight is 595 g/mol. The number of carbonyl (C=O) groups excluding carboxylic acids is 1. The Balaban J connectivity index is 1.60. The first-order chi connectivity index (χ1) is 20.3. The smallest absolute Gasteiger partial charge is 0.269 e. The number of benzene rings is 5. The summed E-state index contributed by atoms with van der Waals surface area (Å²) < 4.78 is 14.1. The van der Waals surface area contributed by atoms with Gasteiger partial charge >= 0.3 is 0 Å². The molecule has 42 heavy (non-hydrogen) atoms. The first-order valence-electron chi connectivity index (χ1n) is 13.0. The quantitative estimate of drug-likeness (QED) is 0.155. The third-order valence-electron chi connectivity index (χ3n) is 7.57. The van der Waals surface area contributed by atoms with Crippen LogP contribution in [0.4, 0.5) is 11.4 Å². The molecule has 5 aromatic rings. The number of amides is 1. The summed E-state index contributed by atoms with van der Waals surface area (Å²) in [6.07, 6.45) is 0. The van der Waals surface area contributed by atoms with Crippen LogP contribution in [0.1, 0.15) is 32.6 Å². The number of nitro benzene ring substituents is 1. The molecule has 0 aliphatic carbocycles. The number of hydrogen-bond acceptors (Lipinski definition) is 5. The van der Waals surface area contributed by atoms with E-state index in [4.69, 9.17) is 32.7 Å². The molecule has 0 fully saturated rings. The Bertz CT molecular complexity index is 1870. The fourth-order valence-corrected chi connectivity index (χ4v) is 6.37. The number of rotatable bonds is 4. The standard InChI is InChI=1S/C33H20Cl2N2O5/c34-24-19-28(35)30-29(20-24)41-33(23-11-5-2-6-12-23)27-14-8-7-13-26(27)32(42-33,22-9-3-1-4-10-22)36(30)31(38)21-15-17-25(18-16-21)37(39)40/h1-20H. The molecule has 206 valence electrons. The van der Waals surface area contributed by atoms with Crippen molar-refractivity contribution in [3.8, 4) is 5.75 Å². The highest BCUT2D eigenvalue weighted by atomic mass is 35.5. The van der Waals surface area contributed by atoms with Gasteiger partial charge in [-0.15, -0.1) is 0 Å². The maximum Gasteiger partial charge on any atom is 0.269 e. The minimum absolute atomic E-state index is 0.140. The predicted octanol–water partition coefficient (Wildman–Crippen LogP) is 8.07. The van der Waals surface area contributed by atoms with Crippen molar-refractivity contribution in [3.05, 3.63) is 169 Å². The van der Waals surface area contributed by atoms with Crippen LogP contribution in [0, 0.1) is 10.1 Å². The summed E-state index contributed by atoms with van der Waals surface area (Å²) in [6.45, 7) is 0. The minimum atomic E-state index is -1.57. The number of nitrogens with zero attached hydrogens (tertiary/aromatic N) is 2. The number of fused-ring (bicyclic) bond motifs is 6. The summed E-state index contributed by atoms with van der Waals surface area (Å²) >= 11 is 13.4. The molecule has 0 radical (unpaired) electrons. The number of carbonyl (C=O) groups is 1. The van der Waals surface area contributed by atoms with Gasteiger partial charge in [-0.2, -0.15) is 0 Å². The molecule has 2 aliphatic rings. The number of nitro groups is 1. The lowest BCUT2D eigenvalue weighted by atomic mass is 9.87. The third-order valence-corrected chi connectivity index (χ3v) is 8.08. The van der Waals surface area contributed by atoms with Gasteiger partial charge in [-0.05, 0) is 18.2 Å². The van der Waals surface area contributed by atoms with E-state index in [1.807, 2.05) is 84.9 Å². The summed E-state index contributed by atoms with van der Waals surface area (Å²) in [5.74, 6) is -1.77. The van der Waals surface area contributed by atoms with Crippen molar-refractivity contribution >= 4 is 40.5 Å². The second-order valence-corrected chi connectivity index (χ2v) is 10.8. The van der Waals surface area contributed by atoms with Gasteiger partial charge in [-0.1, -0.05) is 108 Å². The summed E-state index contributed by atoms with van der Waals surface area (Å²) in [4.78, 5) is 27.1. The van der Waals surface area contributed by atoms with E-state index in [9.17, 15) is 14.9 Å². The molecular formula is C33H20Cl2N2O5. The van der Waals surface area contributed by atoms with Crippen molar-refractivity contribution in [2.45, 2.75) is 11.5 Å². The molecule has 0 spiro atoms. The molecular weight excluding hydrogens is 575 g/mol. The number of halogens is 2. The fourth-order valence-electron chi connectivity index (χ4n) is 5.81. The van der Waals surface area contributed by atoms with Gasteiger partial charge in [0.25, 0.3) is 17.4 Å². The molecule has 7 nitrogen and oxygen atoms in total. The third kappa shape index (κ3) is 3.75. The van der Waals surface area contributed by atoms with E-state index in [0.29, 0.717) is 27.3 Å². The van der Waals surface area contributed by atoms with E-state index in [2.05, 4.69) is 0 Å². The molecule has 0 saturated heterocycles. The van der Waals surface area contributed by atoms with Crippen LogP contribution < -0.4 is 9.64 Å². The van der Waals surface area contributed by atoms with Crippen molar-refractivity contribution in [2.24, 2.45) is 0 Å². The Kier molecular flexibility index (Phi) is 6.06. The lowest BCUT2D eigenvalue weighted by Gasteiger charge is -2.41. The SMILES string of the molecule is O=C(c1ccc([N+](=O)[O-])cc1)N1c2c(Cl)cc(Cl)cc2OC2(c3ccccc3)OC1(c1ccccc1)c1ccccc12. The van der Waals surface area contributed by atoms with Crippen LogP contribution in [-0.2, 0) is 16.2 Å². The summed E-state index contributed by atoms with van der Waals surface area (Å²) in [5, 5.41) is 11.8. The van der Waals surface area contributed by atoms with E-state index in [1.165, 1.54) is 29.2 Å². The molecule has 0 aromatic heterocycles. The monoisotopic (exact) mass is 594 g/mol. The topological polar surface area (TPSA) is 81.9 Å². The zero-order valence-corrected chi connectivity index (χ0v) is 23.3. The molecule has 2 bridgehead atoms. The van der Waals surface area contributed by atoms with Crippen LogP contribution in [0.5, 0.6) is 5.75 Å². The Morgan fingerprint density at radius 2 is 1.36 bits per heavy atom. The normalized spacial score (nSPS) is 20.2. The molecule has 2 atom stereocenters.